The van der Waals surface area contributed by atoms with Crippen LogP contribution in [0.25, 0.3) is 0 Å². The van der Waals surface area contributed by atoms with E-state index < -0.39 is 0 Å². The third kappa shape index (κ3) is 1.43. The maximum atomic E-state index is 2.64. The lowest BCUT2D eigenvalue weighted by atomic mass is 10.3. The van der Waals surface area contributed by atoms with Gasteiger partial charge in [-0.05, 0) is 37.8 Å². The molecule has 0 heterocycles. The number of hydrogen-bond acceptors (Lipinski definition) is 1. The predicted octanol–water partition coefficient (Wildman–Crippen LogP) is 2.82. The van der Waals surface area contributed by atoms with Gasteiger partial charge in [-0.25, -0.2) is 0 Å². The molecule has 0 amide bonds. The van der Waals surface area contributed by atoms with Crippen molar-refractivity contribution in [2.45, 2.75) is 37.8 Å². The fraction of sp³-hybridized carbons (Fsp3) is 0.500. The van der Waals surface area contributed by atoms with Gasteiger partial charge in [-0.15, -0.1) is 0 Å². The van der Waals surface area contributed by atoms with E-state index in [2.05, 4.69) is 35.2 Å². The van der Waals surface area contributed by atoms with Crippen LogP contribution in [0.15, 0.2) is 30.3 Å². The van der Waals surface area contributed by atoms with Crippen molar-refractivity contribution in [3.63, 3.8) is 0 Å². The van der Waals surface area contributed by atoms with E-state index in [-0.39, 0.29) is 0 Å². The van der Waals surface area contributed by atoms with E-state index in [1.54, 1.807) is 0 Å². The molecule has 0 unspecified atom stereocenters. The van der Waals surface area contributed by atoms with Gasteiger partial charge in [0.25, 0.3) is 0 Å². The molecule has 0 spiro atoms. The second kappa shape index (κ2) is 2.76. The lowest BCUT2D eigenvalue weighted by Crippen LogP contribution is -2.27. The summed E-state index contributed by atoms with van der Waals surface area (Å²) in [5.74, 6) is 0. The van der Waals surface area contributed by atoms with Crippen molar-refractivity contribution in [3.05, 3.63) is 30.3 Å². The summed E-state index contributed by atoms with van der Waals surface area (Å²) < 4.78 is 0. The van der Waals surface area contributed by atoms with Crippen LogP contribution in [0.3, 0.4) is 0 Å². The van der Waals surface area contributed by atoms with E-state index >= 15 is 0 Å². The molecule has 0 saturated heterocycles. The SMILES string of the molecule is c1ccc(N(C2CC2)C2CC2)cc1. The summed E-state index contributed by atoms with van der Waals surface area (Å²) in [6, 6.07) is 12.6. The molecule has 68 valence electrons. The van der Waals surface area contributed by atoms with Crippen LogP contribution in [0.2, 0.25) is 0 Å². The maximum Gasteiger partial charge on any atom is 0.0371 e. The van der Waals surface area contributed by atoms with E-state index in [0.29, 0.717) is 0 Å². The summed E-state index contributed by atoms with van der Waals surface area (Å²) in [7, 11) is 0. The minimum atomic E-state index is 0.870. The van der Waals surface area contributed by atoms with Crippen LogP contribution in [0.4, 0.5) is 5.69 Å². The average molecular weight is 173 g/mol. The molecule has 0 radical (unpaired) electrons. The topological polar surface area (TPSA) is 3.24 Å². The second-order valence-corrected chi connectivity index (χ2v) is 4.21. The molecule has 13 heavy (non-hydrogen) atoms. The van der Waals surface area contributed by atoms with Crippen LogP contribution >= 0.6 is 0 Å². The summed E-state index contributed by atoms with van der Waals surface area (Å²) in [5.41, 5.74) is 1.44. The second-order valence-electron chi connectivity index (χ2n) is 4.21. The quantitative estimate of drug-likeness (QED) is 0.679. The lowest BCUT2D eigenvalue weighted by molar-refractivity contribution is 0.789. The molecule has 1 nitrogen and oxygen atoms in total. The first-order chi connectivity index (χ1) is 6.45. The van der Waals surface area contributed by atoms with Gasteiger partial charge in [0.15, 0.2) is 0 Å². The average Bonchev–Trinajstić information content (AvgIpc) is 3.00. The molecule has 0 atom stereocenters. The first-order valence-electron chi connectivity index (χ1n) is 5.28. The van der Waals surface area contributed by atoms with Gasteiger partial charge in [-0.1, -0.05) is 18.2 Å². The summed E-state index contributed by atoms with van der Waals surface area (Å²) in [6.07, 6.45) is 5.63. The minimum absolute atomic E-state index is 0.870. The van der Waals surface area contributed by atoms with Crippen molar-refractivity contribution in [3.8, 4) is 0 Å². The van der Waals surface area contributed by atoms with Crippen LogP contribution in [0, 0.1) is 0 Å². The zero-order chi connectivity index (χ0) is 8.67. The first-order valence-corrected chi connectivity index (χ1v) is 5.28. The normalized spacial score (nSPS) is 21.5. The van der Waals surface area contributed by atoms with E-state index in [0.717, 1.165) is 12.1 Å². The molecular weight excluding hydrogens is 158 g/mol. The Kier molecular flexibility index (Phi) is 1.58. The maximum absolute atomic E-state index is 2.64. The van der Waals surface area contributed by atoms with Crippen LogP contribution in [-0.4, -0.2) is 12.1 Å². The Balaban J connectivity index is 1.87. The third-order valence-electron chi connectivity index (χ3n) is 2.93. The number of benzene rings is 1. The van der Waals surface area contributed by atoms with Gasteiger partial charge in [-0.3, -0.25) is 0 Å². The van der Waals surface area contributed by atoms with Crippen molar-refractivity contribution in [1.29, 1.82) is 0 Å². The summed E-state index contributed by atoms with van der Waals surface area (Å²) in [5, 5.41) is 0. The Hall–Kier alpha value is -0.980. The van der Waals surface area contributed by atoms with Gasteiger partial charge in [0.1, 0.15) is 0 Å². The van der Waals surface area contributed by atoms with Crippen LogP contribution in [0.1, 0.15) is 25.7 Å². The Labute approximate surface area is 79.4 Å². The molecular formula is C12H15N. The minimum Gasteiger partial charge on any atom is -0.366 e. The van der Waals surface area contributed by atoms with Crippen LogP contribution < -0.4 is 4.90 Å². The monoisotopic (exact) mass is 173 g/mol. The zero-order valence-corrected chi connectivity index (χ0v) is 7.82. The van der Waals surface area contributed by atoms with Crippen molar-refractivity contribution in [2.24, 2.45) is 0 Å². The van der Waals surface area contributed by atoms with Crippen molar-refractivity contribution < 1.29 is 0 Å². The number of anilines is 1. The van der Waals surface area contributed by atoms with Crippen LogP contribution in [0.5, 0.6) is 0 Å². The molecule has 0 N–H and O–H groups in total. The molecule has 1 aromatic carbocycles. The largest absolute Gasteiger partial charge is 0.366 e. The molecule has 1 aromatic rings. The van der Waals surface area contributed by atoms with Gasteiger partial charge < -0.3 is 4.90 Å². The Bertz CT molecular complexity index is 273. The summed E-state index contributed by atoms with van der Waals surface area (Å²) in [6.45, 7) is 0. The zero-order valence-electron chi connectivity index (χ0n) is 7.82. The molecule has 0 aromatic heterocycles. The van der Waals surface area contributed by atoms with E-state index in [1.165, 1.54) is 31.4 Å². The highest BCUT2D eigenvalue weighted by Gasteiger charge is 2.38. The van der Waals surface area contributed by atoms with Crippen molar-refractivity contribution in [2.75, 3.05) is 4.90 Å². The smallest absolute Gasteiger partial charge is 0.0371 e. The molecule has 0 bridgehead atoms. The number of nitrogens with zero attached hydrogens (tertiary/aromatic N) is 1. The van der Waals surface area contributed by atoms with Gasteiger partial charge >= 0.3 is 0 Å². The summed E-state index contributed by atoms with van der Waals surface area (Å²) >= 11 is 0. The lowest BCUT2D eigenvalue weighted by Gasteiger charge is -2.24. The third-order valence-corrected chi connectivity index (χ3v) is 2.93. The first kappa shape index (κ1) is 7.43. The Morgan fingerprint density at radius 3 is 1.85 bits per heavy atom. The van der Waals surface area contributed by atoms with Gasteiger partial charge in [0.2, 0.25) is 0 Å². The fourth-order valence-electron chi connectivity index (χ4n) is 2.03. The molecule has 3 rings (SSSR count). The molecule has 2 aliphatic carbocycles. The van der Waals surface area contributed by atoms with Gasteiger partial charge in [0.05, 0.1) is 0 Å². The Morgan fingerprint density at radius 2 is 1.38 bits per heavy atom. The number of rotatable bonds is 3. The van der Waals surface area contributed by atoms with Gasteiger partial charge in [-0.2, -0.15) is 0 Å². The van der Waals surface area contributed by atoms with Crippen molar-refractivity contribution >= 4 is 5.69 Å². The standard InChI is InChI=1S/C12H15N/c1-2-4-10(5-3-1)13(11-6-7-11)12-8-9-12/h1-5,11-12H,6-9H2. The molecule has 2 fully saturated rings. The van der Waals surface area contributed by atoms with Crippen molar-refractivity contribution in [1.82, 2.24) is 0 Å². The highest BCUT2D eigenvalue weighted by atomic mass is 15.2. The predicted molar refractivity (Wildman–Crippen MR) is 55.0 cm³/mol. The van der Waals surface area contributed by atoms with Crippen LogP contribution in [-0.2, 0) is 0 Å². The van der Waals surface area contributed by atoms with E-state index in [4.69, 9.17) is 0 Å². The molecule has 1 heteroatoms. The number of para-hydroxylation sites is 1. The molecule has 2 aliphatic rings. The fourth-order valence-corrected chi connectivity index (χ4v) is 2.03. The molecule has 0 aliphatic heterocycles. The van der Waals surface area contributed by atoms with E-state index in [9.17, 15) is 0 Å². The number of hydrogen-bond donors (Lipinski definition) is 0. The molecule has 2 saturated carbocycles. The highest BCUT2D eigenvalue weighted by molar-refractivity contribution is 5.50. The Morgan fingerprint density at radius 1 is 0.846 bits per heavy atom. The van der Waals surface area contributed by atoms with E-state index in [1.807, 2.05) is 0 Å². The highest BCUT2D eigenvalue weighted by Crippen LogP contribution is 2.40. The summed E-state index contributed by atoms with van der Waals surface area (Å²) in [4.78, 5) is 2.64. The van der Waals surface area contributed by atoms with Gasteiger partial charge in [0, 0.05) is 17.8 Å².